The first-order valence-corrected chi connectivity index (χ1v) is 9.65. The fourth-order valence-electron chi connectivity index (χ4n) is 3.12. The van der Waals surface area contributed by atoms with E-state index in [0.717, 1.165) is 55.6 Å². The minimum absolute atomic E-state index is 0.00931. The van der Waals surface area contributed by atoms with Crippen LogP contribution < -0.4 is 10.6 Å². The molecule has 1 fully saturated rings. The number of aromatic nitrogens is 1. The molecule has 8 heteroatoms. The number of para-hydroxylation sites is 1. The average Bonchev–Trinajstić information content (AvgIpc) is 3.10. The van der Waals surface area contributed by atoms with Gasteiger partial charge in [-0.1, -0.05) is 23.5 Å². The molecule has 0 saturated carbocycles. The molecule has 0 aliphatic carbocycles. The number of piperidine rings is 1. The number of benzene rings is 1. The second-order valence-electron chi connectivity index (χ2n) is 6.17. The maximum absolute atomic E-state index is 11.6. The van der Waals surface area contributed by atoms with Gasteiger partial charge in [-0.25, -0.2) is 4.98 Å². The number of aliphatic imine (C=N–C) groups is 1. The number of hydrogen-bond donors (Lipinski definition) is 2. The molecule has 26 heavy (non-hydrogen) atoms. The van der Waals surface area contributed by atoms with E-state index in [1.807, 2.05) is 18.2 Å². The lowest BCUT2D eigenvalue weighted by atomic mass is 9.97. The Kier molecular flexibility index (Phi) is 6.27. The second kappa shape index (κ2) is 8.84. The number of esters is 1. The molecule has 2 N–H and O–H groups in total. The quantitative estimate of drug-likeness (QED) is 0.361. The number of carbonyl (C=O) groups is 1. The van der Waals surface area contributed by atoms with E-state index in [0.29, 0.717) is 0 Å². The van der Waals surface area contributed by atoms with Crippen molar-refractivity contribution in [1.82, 2.24) is 15.2 Å². The second-order valence-corrected chi connectivity index (χ2v) is 7.20. The minimum Gasteiger partial charge on any atom is -0.469 e. The van der Waals surface area contributed by atoms with Crippen LogP contribution in [0.25, 0.3) is 10.2 Å². The molecule has 1 saturated heterocycles. The van der Waals surface area contributed by atoms with Crippen molar-refractivity contribution in [3.8, 4) is 0 Å². The van der Waals surface area contributed by atoms with Gasteiger partial charge in [0.15, 0.2) is 11.1 Å². The van der Waals surface area contributed by atoms with Gasteiger partial charge in [-0.05, 0) is 25.0 Å². The molecule has 7 nitrogen and oxygen atoms in total. The molecule has 0 unspecified atom stereocenters. The number of guanidine groups is 1. The van der Waals surface area contributed by atoms with Gasteiger partial charge < -0.3 is 20.3 Å². The average molecular weight is 375 g/mol. The van der Waals surface area contributed by atoms with Crippen LogP contribution >= 0.6 is 11.3 Å². The lowest BCUT2D eigenvalue weighted by Crippen LogP contribution is -2.47. The molecule has 2 heterocycles. The molecule has 1 aromatic carbocycles. The molecule has 1 aliphatic heterocycles. The summed E-state index contributed by atoms with van der Waals surface area (Å²) >= 11 is 1.66. The number of fused-ring (bicyclic) bond motifs is 1. The number of ether oxygens (including phenoxy) is 1. The summed E-state index contributed by atoms with van der Waals surface area (Å²) in [5.41, 5.74) is 1.03. The number of hydrogen-bond acceptors (Lipinski definition) is 6. The number of anilines is 1. The summed E-state index contributed by atoms with van der Waals surface area (Å²) in [7, 11) is 3.24. The number of thiazole rings is 1. The maximum atomic E-state index is 11.6. The first-order chi connectivity index (χ1) is 12.7. The number of rotatable bonds is 5. The van der Waals surface area contributed by atoms with E-state index < -0.39 is 0 Å². The highest BCUT2D eigenvalue weighted by molar-refractivity contribution is 7.22. The highest BCUT2D eigenvalue weighted by Gasteiger charge is 2.26. The van der Waals surface area contributed by atoms with Crippen molar-refractivity contribution in [2.45, 2.75) is 12.8 Å². The predicted molar refractivity (Wildman–Crippen MR) is 106 cm³/mol. The molecule has 1 aromatic heterocycles. The van der Waals surface area contributed by atoms with Crippen LogP contribution in [-0.2, 0) is 9.53 Å². The largest absolute Gasteiger partial charge is 0.469 e. The van der Waals surface area contributed by atoms with Crippen LogP contribution in [0, 0.1) is 5.92 Å². The Bertz CT molecular complexity index is 735. The first-order valence-electron chi connectivity index (χ1n) is 8.84. The summed E-state index contributed by atoms with van der Waals surface area (Å²) in [6.45, 7) is 3.13. The number of methoxy groups -OCH3 is 1. The Hall–Kier alpha value is -2.35. The van der Waals surface area contributed by atoms with E-state index in [2.05, 4.69) is 31.6 Å². The molecule has 0 amide bonds. The van der Waals surface area contributed by atoms with Crippen LogP contribution in [0.2, 0.25) is 0 Å². The third-order valence-corrected chi connectivity index (χ3v) is 5.51. The number of carbonyl (C=O) groups excluding carboxylic acids is 1. The Labute approximate surface area is 157 Å². The van der Waals surface area contributed by atoms with E-state index in [1.54, 1.807) is 18.4 Å². The normalized spacial score (nSPS) is 15.9. The molecular weight excluding hydrogens is 350 g/mol. The molecule has 0 atom stereocenters. The lowest BCUT2D eigenvalue weighted by Gasteiger charge is -2.33. The Balaban J connectivity index is 1.42. The molecule has 1 aliphatic rings. The summed E-state index contributed by atoms with van der Waals surface area (Å²) < 4.78 is 6.03. The summed E-state index contributed by atoms with van der Waals surface area (Å²) in [4.78, 5) is 22.7. The molecule has 0 radical (unpaired) electrons. The van der Waals surface area contributed by atoms with Crippen LogP contribution in [0.4, 0.5) is 5.13 Å². The molecule has 0 spiro atoms. The summed E-state index contributed by atoms with van der Waals surface area (Å²) in [5.74, 6) is 0.780. The van der Waals surface area contributed by atoms with Crippen LogP contribution in [0.15, 0.2) is 29.3 Å². The Morgan fingerprint density at radius 3 is 2.81 bits per heavy atom. The van der Waals surface area contributed by atoms with Gasteiger partial charge in [-0.15, -0.1) is 0 Å². The standard InChI is InChI=1S/C18H25N5O2S/c1-19-17(23-11-7-13(8-12-23)16(24)25-2)20-9-10-21-18-22-14-5-3-4-6-15(14)26-18/h3-6,13H,7-12H2,1-2H3,(H,19,20)(H,21,22). The van der Waals surface area contributed by atoms with E-state index in [1.165, 1.54) is 11.8 Å². The van der Waals surface area contributed by atoms with Crippen LogP contribution in [0.3, 0.4) is 0 Å². The number of likely N-dealkylation sites (tertiary alicyclic amines) is 1. The van der Waals surface area contributed by atoms with E-state index in [-0.39, 0.29) is 11.9 Å². The number of nitrogens with zero attached hydrogens (tertiary/aromatic N) is 3. The van der Waals surface area contributed by atoms with Crippen LogP contribution in [0.1, 0.15) is 12.8 Å². The van der Waals surface area contributed by atoms with Crippen molar-refractivity contribution in [1.29, 1.82) is 0 Å². The molecule has 3 rings (SSSR count). The third-order valence-electron chi connectivity index (χ3n) is 4.52. The minimum atomic E-state index is -0.104. The van der Waals surface area contributed by atoms with Gasteiger partial charge >= 0.3 is 5.97 Å². The van der Waals surface area contributed by atoms with Crippen molar-refractivity contribution >= 4 is 38.6 Å². The van der Waals surface area contributed by atoms with Gasteiger partial charge in [-0.2, -0.15) is 0 Å². The van der Waals surface area contributed by atoms with Gasteiger partial charge in [0.05, 0.1) is 23.2 Å². The highest BCUT2D eigenvalue weighted by Crippen LogP contribution is 2.25. The zero-order valence-corrected chi connectivity index (χ0v) is 16.0. The molecule has 0 bridgehead atoms. The Morgan fingerprint density at radius 2 is 2.12 bits per heavy atom. The number of nitrogens with one attached hydrogen (secondary N) is 2. The fraction of sp³-hybridized carbons (Fsp3) is 0.500. The van der Waals surface area contributed by atoms with Crippen molar-refractivity contribution in [2.75, 3.05) is 45.7 Å². The monoisotopic (exact) mass is 375 g/mol. The van der Waals surface area contributed by atoms with Crippen molar-refractivity contribution in [2.24, 2.45) is 10.9 Å². The fourth-order valence-corrected chi connectivity index (χ4v) is 4.01. The zero-order valence-electron chi connectivity index (χ0n) is 15.2. The first kappa shape index (κ1) is 18.4. The summed E-state index contributed by atoms with van der Waals surface area (Å²) in [6, 6.07) is 8.13. The SMILES string of the molecule is CN=C(NCCNc1nc2ccccc2s1)N1CCC(C(=O)OC)CC1. The maximum Gasteiger partial charge on any atom is 0.308 e. The summed E-state index contributed by atoms with van der Waals surface area (Å²) in [6.07, 6.45) is 1.61. The van der Waals surface area contributed by atoms with Crippen molar-refractivity contribution in [3.05, 3.63) is 24.3 Å². The van der Waals surface area contributed by atoms with E-state index in [9.17, 15) is 4.79 Å². The van der Waals surface area contributed by atoms with Crippen molar-refractivity contribution < 1.29 is 9.53 Å². The van der Waals surface area contributed by atoms with Gasteiger partial charge in [0, 0.05) is 33.2 Å². The summed E-state index contributed by atoms with van der Waals surface area (Å²) in [5, 5.41) is 7.66. The predicted octanol–water partition coefficient (Wildman–Crippen LogP) is 2.17. The van der Waals surface area contributed by atoms with E-state index >= 15 is 0 Å². The smallest absolute Gasteiger partial charge is 0.308 e. The third kappa shape index (κ3) is 4.43. The zero-order chi connectivity index (χ0) is 18.4. The topological polar surface area (TPSA) is 78.9 Å². The van der Waals surface area contributed by atoms with Crippen LogP contribution in [-0.4, -0.2) is 62.1 Å². The molecular formula is C18H25N5O2S. The van der Waals surface area contributed by atoms with Gasteiger partial charge in [0.25, 0.3) is 0 Å². The van der Waals surface area contributed by atoms with Crippen molar-refractivity contribution in [3.63, 3.8) is 0 Å². The highest BCUT2D eigenvalue weighted by atomic mass is 32.1. The Morgan fingerprint density at radius 1 is 1.35 bits per heavy atom. The van der Waals surface area contributed by atoms with Gasteiger partial charge in [0.2, 0.25) is 0 Å². The van der Waals surface area contributed by atoms with Crippen LogP contribution in [0.5, 0.6) is 0 Å². The van der Waals surface area contributed by atoms with E-state index in [4.69, 9.17) is 4.74 Å². The lowest BCUT2D eigenvalue weighted by molar-refractivity contribution is -0.146. The van der Waals surface area contributed by atoms with Gasteiger partial charge in [-0.3, -0.25) is 9.79 Å². The van der Waals surface area contributed by atoms with Gasteiger partial charge in [0.1, 0.15) is 0 Å². The molecule has 140 valence electrons. The molecule has 2 aromatic rings.